The molecule has 1 aromatic heterocycles. The van der Waals surface area contributed by atoms with Gasteiger partial charge in [0.15, 0.2) is 5.82 Å². The maximum atomic E-state index is 11.8. The smallest absolute Gasteiger partial charge is 0.238 e. The maximum absolute atomic E-state index is 11.8. The largest absolute Gasteiger partial charge is 0.392 e. The van der Waals surface area contributed by atoms with Crippen LogP contribution in [0.2, 0.25) is 0 Å². The highest BCUT2D eigenvalue weighted by molar-refractivity contribution is 7.80. The first kappa shape index (κ1) is 9.97. The fourth-order valence-electron chi connectivity index (χ4n) is 1.31. The third-order valence-corrected chi connectivity index (χ3v) is 2.85. The van der Waals surface area contributed by atoms with Crippen LogP contribution in [0.5, 0.6) is 0 Å². The summed E-state index contributed by atoms with van der Waals surface area (Å²) >= 11 is 4.87. The highest BCUT2D eigenvalue weighted by Gasteiger charge is 2.52. The predicted molar refractivity (Wildman–Crippen MR) is 59.1 cm³/mol. The zero-order valence-electron chi connectivity index (χ0n) is 7.93. The van der Waals surface area contributed by atoms with Crippen LogP contribution in [-0.4, -0.2) is 20.9 Å². The molecule has 0 radical (unpaired) electrons. The van der Waals surface area contributed by atoms with Gasteiger partial charge in [-0.15, -0.1) is 0 Å². The molecule has 1 amide bonds. The average Bonchev–Trinajstić information content (AvgIpc) is 2.99. The minimum atomic E-state index is -0.646. The van der Waals surface area contributed by atoms with Crippen LogP contribution >= 0.6 is 12.2 Å². The van der Waals surface area contributed by atoms with Gasteiger partial charge in [-0.25, -0.2) is 4.98 Å². The van der Waals surface area contributed by atoms with Crippen LogP contribution in [0.3, 0.4) is 0 Å². The summed E-state index contributed by atoms with van der Waals surface area (Å²) in [6, 6.07) is 0. The van der Waals surface area contributed by atoms with E-state index in [0.29, 0.717) is 18.7 Å². The molecule has 1 aliphatic rings. The molecule has 1 aromatic rings. The van der Waals surface area contributed by atoms with Crippen molar-refractivity contribution >= 4 is 28.9 Å². The highest BCUT2D eigenvalue weighted by atomic mass is 32.1. The molecule has 6 heteroatoms. The molecule has 5 nitrogen and oxygen atoms in total. The third-order valence-electron chi connectivity index (χ3n) is 2.46. The number of amides is 1. The van der Waals surface area contributed by atoms with E-state index in [2.05, 4.69) is 15.3 Å². The van der Waals surface area contributed by atoms with E-state index in [1.807, 2.05) is 0 Å². The second-order valence-electron chi connectivity index (χ2n) is 3.49. The molecule has 78 valence electrons. The molecule has 0 unspecified atom stereocenters. The summed E-state index contributed by atoms with van der Waals surface area (Å²) in [4.78, 5) is 19.8. The van der Waals surface area contributed by atoms with Crippen LogP contribution in [0.25, 0.3) is 0 Å². The lowest BCUT2D eigenvalue weighted by Gasteiger charge is -2.12. The Labute approximate surface area is 92.1 Å². The molecular weight excluding hydrogens is 212 g/mol. The van der Waals surface area contributed by atoms with Gasteiger partial charge in [-0.05, 0) is 12.8 Å². The number of hydrogen-bond donors (Lipinski definition) is 2. The predicted octanol–water partition coefficient (Wildman–Crippen LogP) is 0.481. The van der Waals surface area contributed by atoms with Gasteiger partial charge in [0.1, 0.15) is 0 Å². The molecule has 0 saturated heterocycles. The van der Waals surface area contributed by atoms with Crippen LogP contribution in [0.1, 0.15) is 12.8 Å². The molecule has 0 spiro atoms. The maximum Gasteiger partial charge on any atom is 0.238 e. The van der Waals surface area contributed by atoms with E-state index >= 15 is 0 Å². The molecule has 15 heavy (non-hydrogen) atoms. The van der Waals surface area contributed by atoms with Crippen molar-refractivity contribution in [3.63, 3.8) is 0 Å². The Morgan fingerprint density at radius 3 is 2.73 bits per heavy atom. The van der Waals surface area contributed by atoms with Crippen LogP contribution in [0.4, 0.5) is 5.82 Å². The van der Waals surface area contributed by atoms with Crippen molar-refractivity contribution in [3.05, 3.63) is 18.6 Å². The number of carbonyl (C=O) groups is 1. The van der Waals surface area contributed by atoms with Crippen molar-refractivity contribution in [1.29, 1.82) is 0 Å². The SMILES string of the molecule is NC(=S)C1(C(=O)Nc2cnccn2)CC1. The Morgan fingerprint density at radius 1 is 1.53 bits per heavy atom. The standard InChI is InChI=1S/C9H10N4OS/c10-7(15)9(1-2-9)8(14)13-6-5-11-3-4-12-6/h3-5H,1-2H2,(H2,10,15)(H,12,13,14). The van der Waals surface area contributed by atoms with Crippen LogP contribution < -0.4 is 11.1 Å². The molecule has 1 aliphatic carbocycles. The number of rotatable bonds is 3. The Balaban J connectivity index is 2.08. The summed E-state index contributed by atoms with van der Waals surface area (Å²) < 4.78 is 0. The van der Waals surface area contributed by atoms with Crippen molar-refractivity contribution in [2.24, 2.45) is 11.1 Å². The van der Waals surface area contributed by atoms with E-state index in [9.17, 15) is 4.79 Å². The van der Waals surface area contributed by atoms with Crippen molar-refractivity contribution in [2.75, 3.05) is 5.32 Å². The summed E-state index contributed by atoms with van der Waals surface area (Å²) in [5.74, 6) is 0.237. The topological polar surface area (TPSA) is 80.9 Å². The molecule has 0 bridgehead atoms. The summed E-state index contributed by atoms with van der Waals surface area (Å²) in [6.45, 7) is 0. The Hall–Kier alpha value is -1.56. The van der Waals surface area contributed by atoms with Crippen LogP contribution in [-0.2, 0) is 4.79 Å². The first-order valence-electron chi connectivity index (χ1n) is 4.52. The van der Waals surface area contributed by atoms with E-state index in [0.717, 1.165) is 0 Å². The molecular formula is C9H10N4OS. The average molecular weight is 222 g/mol. The van der Waals surface area contributed by atoms with Gasteiger partial charge in [0, 0.05) is 12.4 Å². The lowest BCUT2D eigenvalue weighted by molar-refractivity contribution is -0.118. The number of anilines is 1. The van der Waals surface area contributed by atoms with Gasteiger partial charge in [-0.1, -0.05) is 12.2 Å². The summed E-state index contributed by atoms with van der Waals surface area (Å²) in [5.41, 5.74) is 4.88. The number of thiocarbonyl (C=S) groups is 1. The molecule has 1 fully saturated rings. The zero-order valence-corrected chi connectivity index (χ0v) is 8.75. The van der Waals surface area contributed by atoms with E-state index in [1.165, 1.54) is 18.6 Å². The monoisotopic (exact) mass is 222 g/mol. The quantitative estimate of drug-likeness (QED) is 0.727. The van der Waals surface area contributed by atoms with Crippen LogP contribution in [0.15, 0.2) is 18.6 Å². The third kappa shape index (κ3) is 1.80. The van der Waals surface area contributed by atoms with Crippen molar-refractivity contribution in [2.45, 2.75) is 12.8 Å². The Kier molecular flexibility index (Phi) is 2.36. The molecule has 1 heterocycles. The van der Waals surface area contributed by atoms with Crippen molar-refractivity contribution in [1.82, 2.24) is 9.97 Å². The van der Waals surface area contributed by atoms with Gasteiger partial charge in [0.25, 0.3) is 0 Å². The van der Waals surface area contributed by atoms with E-state index < -0.39 is 5.41 Å². The fourth-order valence-corrected chi connectivity index (χ4v) is 1.61. The minimum Gasteiger partial charge on any atom is -0.392 e. The number of carbonyl (C=O) groups excluding carboxylic acids is 1. The van der Waals surface area contributed by atoms with Crippen LogP contribution in [0, 0.1) is 5.41 Å². The molecule has 0 aromatic carbocycles. The molecule has 3 N–H and O–H groups in total. The van der Waals surface area contributed by atoms with E-state index in [4.69, 9.17) is 18.0 Å². The second kappa shape index (κ2) is 3.54. The molecule has 0 aliphatic heterocycles. The summed E-state index contributed by atoms with van der Waals surface area (Å²) in [5, 5.41) is 2.65. The van der Waals surface area contributed by atoms with Crippen molar-refractivity contribution < 1.29 is 4.79 Å². The number of nitrogens with one attached hydrogen (secondary N) is 1. The van der Waals surface area contributed by atoms with Gasteiger partial charge in [-0.3, -0.25) is 9.78 Å². The number of aromatic nitrogens is 2. The lowest BCUT2D eigenvalue weighted by atomic mass is 10.1. The molecule has 0 atom stereocenters. The van der Waals surface area contributed by atoms with Gasteiger partial charge in [0.2, 0.25) is 5.91 Å². The fraction of sp³-hybridized carbons (Fsp3) is 0.333. The van der Waals surface area contributed by atoms with Gasteiger partial charge in [-0.2, -0.15) is 0 Å². The van der Waals surface area contributed by atoms with E-state index in [-0.39, 0.29) is 10.9 Å². The number of nitrogens with zero attached hydrogens (tertiary/aromatic N) is 2. The summed E-state index contributed by atoms with van der Waals surface area (Å²) in [7, 11) is 0. The minimum absolute atomic E-state index is 0.185. The number of nitrogens with two attached hydrogens (primary N) is 1. The first-order chi connectivity index (χ1) is 7.15. The second-order valence-corrected chi connectivity index (χ2v) is 3.93. The van der Waals surface area contributed by atoms with Gasteiger partial charge in [0.05, 0.1) is 16.6 Å². The number of hydrogen-bond acceptors (Lipinski definition) is 4. The highest BCUT2D eigenvalue weighted by Crippen LogP contribution is 2.46. The Morgan fingerprint density at radius 2 is 2.27 bits per heavy atom. The summed E-state index contributed by atoms with van der Waals surface area (Å²) in [6.07, 6.45) is 5.96. The zero-order chi connectivity index (χ0) is 10.9. The van der Waals surface area contributed by atoms with Gasteiger partial charge >= 0.3 is 0 Å². The molecule has 1 saturated carbocycles. The lowest BCUT2D eigenvalue weighted by Crippen LogP contribution is -2.35. The molecule has 2 rings (SSSR count). The Bertz CT molecular complexity index is 402. The normalized spacial score (nSPS) is 16.8. The first-order valence-corrected chi connectivity index (χ1v) is 4.93. The van der Waals surface area contributed by atoms with Gasteiger partial charge < -0.3 is 11.1 Å². The van der Waals surface area contributed by atoms with E-state index in [1.54, 1.807) is 0 Å². The van der Waals surface area contributed by atoms with Crippen molar-refractivity contribution in [3.8, 4) is 0 Å².